The number of thiophene rings is 1. The second kappa shape index (κ2) is 5.44. The Kier molecular flexibility index (Phi) is 3.45. The Hall–Kier alpha value is -1.36. The Balaban J connectivity index is 1.86. The van der Waals surface area contributed by atoms with E-state index in [1.807, 2.05) is 24.3 Å². The van der Waals surface area contributed by atoms with E-state index < -0.39 is 0 Å². The first-order chi connectivity index (χ1) is 10.3. The second-order valence-electron chi connectivity index (χ2n) is 5.07. The van der Waals surface area contributed by atoms with Crippen LogP contribution < -0.4 is 4.80 Å². The fraction of sp³-hybridized carbons (Fsp3) is 0.188. The standard InChI is InChI=1S/C16H13ClN2S2/c17-11-3-1-4-12(9-11)18-16-19(13-6-7-13)14(10-21-16)15-5-2-8-20-15/h1-5,8-10,13H,6-7H2. The van der Waals surface area contributed by atoms with Crippen molar-refractivity contribution in [2.24, 2.45) is 4.99 Å². The molecule has 2 nitrogen and oxygen atoms in total. The van der Waals surface area contributed by atoms with Crippen LogP contribution in [0, 0.1) is 0 Å². The van der Waals surface area contributed by atoms with Crippen LogP contribution in [0.1, 0.15) is 18.9 Å². The molecule has 1 saturated carbocycles. The molecule has 0 radical (unpaired) electrons. The molecule has 3 aromatic rings. The smallest absolute Gasteiger partial charge is 0.190 e. The van der Waals surface area contributed by atoms with Gasteiger partial charge in [0.05, 0.1) is 16.3 Å². The van der Waals surface area contributed by atoms with E-state index >= 15 is 0 Å². The summed E-state index contributed by atoms with van der Waals surface area (Å²) >= 11 is 9.53. The average molecular weight is 333 g/mol. The molecule has 21 heavy (non-hydrogen) atoms. The van der Waals surface area contributed by atoms with Crippen molar-refractivity contribution in [2.75, 3.05) is 0 Å². The Morgan fingerprint density at radius 3 is 2.76 bits per heavy atom. The van der Waals surface area contributed by atoms with E-state index in [0.29, 0.717) is 6.04 Å². The van der Waals surface area contributed by atoms with Crippen molar-refractivity contribution in [2.45, 2.75) is 18.9 Å². The molecule has 0 amide bonds. The summed E-state index contributed by atoms with van der Waals surface area (Å²) in [4.78, 5) is 7.16. The maximum absolute atomic E-state index is 6.05. The van der Waals surface area contributed by atoms with E-state index in [9.17, 15) is 0 Å². The molecule has 5 heteroatoms. The Labute approximate surface area is 136 Å². The summed E-state index contributed by atoms with van der Waals surface area (Å²) in [6, 6.07) is 12.6. The average Bonchev–Trinajstić information content (AvgIpc) is 3.00. The highest BCUT2D eigenvalue weighted by atomic mass is 35.5. The molecular weight excluding hydrogens is 320 g/mol. The first kappa shape index (κ1) is 13.3. The van der Waals surface area contributed by atoms with Crippen LogP contribution in [0.2, 0.25) is 5.02 Å². The van der Waals surface area contributed by atoms with E-state index in [0.717, 1.165) is 15.5 Å². The van der Waals surface area contributed by atoms with E-state index in [1.165, 1.54) is 23.4 Å². The first-order valence-electron chi connectivity index (χ1n) is 6.85. The van der Waals surface area contributed by atoms with Gasteiger partial charge >= 0.3 is 0 Å². The van der Waals surface area contributed by atoms with Crippen molar-refractivity contribution in [3.05, 3.63) is 57.0 Å². The normalized spacial score (nSPS) is 15.6. The summed E-state index contributed by atoms with van der Waals surface area (Å²) in [6.07, 6.45) is 2.50. The monoisotopic (exact) mass is 332 g/mol. The topological polar surface area (TPSA) is 17.3 Å². The number of hydrogen-bond acceptors (Lipinski definition) is 3. The molecule has 0 N–H and O–H groups in total. The lowest BCUT2D eigenvalue weighted by atomic mass is 10.3. The number of nitrogens with zero attached hydrogens (tertiary/aromatic N) is 2. The molecule has 0 saturated heterocycles. The van der Waals surface area contributed by atoms with E-state index in [-0.39, 0.29) is 0 Å². The number of benzene rings is 1. The van der Waals surface area contributed by atoms with Crippen molar-refractivity contribution < 1.29 is 0 Å². The van der Waals surface area contributed by atoms with Gasteiger partial charge in [0.25, 0.3) is 0 Å². The van der Waals surface area contributed by atoms with E-state index in [2.05, 4.69) is 27.5 Å². The largest absolute Gasteiger partial charge is 0.313 e. The molecule has 2 heterocycles. The molecule has 0 atom stereocenters. The minimum Gasteiger partial charge on any atom is -0.313 e. The van der Waals surface area contributed by atoms with Gasteiger partial charge in [-0.15, -0.1) is 22.7 Å². The number of aromatic nitrogens is 1. The quantitative estimate of drug-likeness (QED) is 0.602. The number of hydrogen-bond donors (Lipinski definition) is 0. The van der Waals surface area contributed by atoms with Crippen molar-refractivity contribution in [3.8, 4) is 10.6 Å². The Morgan fingerprint density at radius 2 is 2.05 bits per heavy atom. The zero-order chi connectivity index (χ0) is 14.2. The van der Waals surface area contributed by atoms with Crippen LogP contribution >= 0.6 is 34.3 Å². The van der Waals surface area contributed by atoms with Gasteiger partial charge in [0.15, 0.2) is 4.80 Å². The zero-order valence-corrected chi connectivity index (χ0v) is 13.6. The summed E-state index contributed by atoms with van der Waals surface area (Å²) in [7, 11) is 0. The predicted octanol–water partition coefficient (Wildman–Crippen LogP) is 5.50. The molecule has 4 rings (SSSR count). The SMILES string of the molecule is Clc1cccc(N=c2scc(-c3cccs3)n2C2CC2)c1. The van der Waals surface area contributed by atoms with Crippen LogP contribution in [0.4, 0.5) is 5.69 Å². The van der Waals surface area contributed by atoms with Gasteiger partial charge < -0.3 is 4.57 Å². The molecule has 106 valence electrons. The predicted molar refractivity (Wildman–Crippen MR) is 90.6 cm³/mol. The van der Waals surface area contributed by atoms with Gasteiger partial charge in [-0.25, -0.2) is 4.99 Å². The first-order valence-corrected chi connectivity index (χ1v) is 8.99. The van der Waals surface area contributed by atoms with Gasteiger partial charge in [0.2, 0.25) is 0 Å². The minimum absolute atomic E-state index is 0.603. The van der Waals surface area contributed by atoms with Gasteiger partial charge in [-0.05, 0) is 42.5 Å². The van der Waals surface area contributed by atoms with Crippen LogP contribution in [0.5, 0.6) is 0 Å². The summed E-state index contributed by atoms with van der Waals surface area (Å²) in [5, 5.41) is 5.07. The molecule has 0 spiro atoms. The number of thiazole rings is 1. The Morgan fingerprint density at radius 1 is 1.14 bits per heavy atom. The van der Waals surface area contributed by atoms with Gasteiger partial charge in [-0.3, -0.25) is 0 Å². The third kappa shape index (κ3) is 2.71. The third-order valence-electron chi connectivity index (χ3n) is 3.46. The molecule has 0 bridgehead atoms. The third-order valence-corrected chi connectivity index (χ3v) is 5.43. The zero-order valence-electron chi connectivity index (χ0n) is 11.2. The minimum atomic E-state index is 0.603. The van der Waals surface area contributed by atoms with Crippen LogP contribution in [-0.2, 0) is 0 Å². The number of rotatable bonds is 3. The molecule has 1 aliphatic carbocycles. The van der Waals surface area contributed by atoms with Gasteiger partial charge in [0.1, 0.15) is 0 Å². The fourth-order valence-electron chi connectivity index (χ4n) is 2.35. The van der Waals surface area contributed by atoms with Gasteiger partial charge in [0, 0.05) is 16.4 Å². The van der Waals surface area contributed by atoms with Crippen LogP contribution in [-0.4, -0.2) is 4.57 Å². The molecule has 1 fully saturated rings. The molecule has 1 aromatic carbocycles. The van der Waals surface area contributed by atoms with Crippen molar-refractivity contribution in [1.82, 2.24) is 4.57 Å². The lowest BCUT2D eigenvalue weighted by Gasteiger charge is -2.05. The fourth-order valence-corrected chi connectivity index (χ4v) is 4.32. The van der Waals surface area contributed by atoms with Crippen molar-refractivity contribution in [3.63, 3.8) is 0 Å². The highest BCUT2D eigenvalue weighted by molar-refractivity contribution is 7.14. The highest BCUT2D eigenvalue weighted by Gasteiger charge is 2.27. The summed E-state index contributed by atoms with van der Waals surface area (Å²) in [5.41, 5.74) is 2.20. The van der Waals surface area contributed by atoms with Crippen LogP contribution in [0.15, 0.2) is 52.2 Å². The molecular formula is C16H13ClN2S2. The lowest BCUT2D eigenvalue weighted by Crippen LogP contribution is -2.13. The van der Waals surface area contributed by atoms with Gasteiger partial charge in [-0.2, -0.15) is 0 Å². The molecule has 2 aromatic heterocycles. The number of halogens is 1. The molecule has 0 unspecified atom stereocenters. The lowest BCUT2D eigenvalue weighted by molar-refractivity contribution is 0.726. The maximum Gasteiger partial charge on any atom is 0.190 e. The van der Waals surface area contributed by atoms with Gasteiger partial charge in [-0.1, -0.05) is 23.7 Å². The summed E-state index contributed by atoms with van der Waals surface area (Å²) < 4.78 is 2.39. The van der Waals surface area contributed by atoms with Crippen LogP contribution in [0.25, 0.3) is 10.6 Å². The molecule has 0 aliphatic heterocycles. The van der Waals surface area contributed by atoms with E-state index in [1.54, 1.807) is 22.7 Å². The van der Waals surface area contributed by atoms with Crippen molar-refractivity contribution in [1.29, 1.82) is 0 Å². The van der Waals surface area contributed by atoms with Crippen LogP contribution in [0.3, 0.4) is 0 Å². The summed E-state index contributed by atoms with van der Waals surface area (Å²) in [5.74, 6) is 0. The maximum atomic E-state index is 6.05. The molecule has 1 aliphatic rings. The summed E-state index contributed by atoms with van der Waals surface area (Å²) in [6.45, 7) is 0. The highest BCUT2D eigenvalue weighted by Crippen LogP contribution is 2.39. The van der Waals surface area contributed by atoms with E-state index in [4.69, 9.17) is 16.6 Å². The van der Waals surface area contributed by atoms with Crippen molar-refractivity contribution >= 4 is 40.0 Å². The Bertz CT molecular complexity index is 826. The second-order valence-corrected chi connectivity index (χ2v) is 7.29.